The van der Waals surface area contributed by atoms with Gasteiger partial charge in [-0.2, -0.15) is 0 Å². The molecule has 3 rings (SSSR count). The van der Waals surface area contributed by atoms with Crippen LogP contribution in [-0.4, -0.2) is 75.4 Å². The van der Waals surface area contributed by atoms with Crippen molar-refractivity contribution in [1.82, 2.24) is 14.9 Å². The second-order valence-corrected chi connectivity index (χ2v) is 10.2. The Morgan fingerprint density at radius 2 is 2.00 bits per heavy atom. The number of hydrogen-bond donors (Lipinski definition) is 3. The van der Waals surface area contributed by atoms with Crippen LogP contribution in [0.1, 0.15) is 44.9 Å². The van der Waals surface area contributed by atoms with Gasteiger partial charge in [0, 0.05) is 19.5 Å². The van der Waals surface area contributed by atoms with Crippen molar-refractivity contribution in [2.24, 2.45) is 0 Å². The molecule has 2 aliphatic rings. The lowest BCUT2D eigenvalue weighted by atomic mass is 9.98. The smallest absolute Gasteiger partial charge is 0.241 e. The number of halogens is 1. The number of piperidine rings is 1. The molecule has 0 saturated carbocycles. The van der Waals surface area contributed by atoms with Crippen molar-refractivity contribution in [3.8, 4) is 0 Å². The maximum absolute atomic E-state index is 13.4. The molecule has 0 spiro atoms. The van der Waals surface area contributed by atoms with E-state index in [1.165, 1.54) is 37.5 Å². The first-order chi connectivity index (χ1) is 15.4. The van der Waals surface area contributed by atoms with Crippen LogP contribution < -0.4 is 10.0 Å². The molecule has 2 aliphatic heterocycles. The highest BCUT2D eigenvalue weighted by Gasteiger charge is 2.34. The Labute approximate surface area is 189 Å². The predicted molar refractivity (Wildman–Crippen MR) is 118 cm³/mol. The summed E-state index contributed by atoms with van der Waals surface area (Å²) in [6.45, 7) is 3.05. The minimum Gasteiger partial charge on any atom is -0.394 e. The van der Waals surface area contributed by atoms with Crippen LogP contribution in [0, 0.1) is 5.82 Å². The Morgan fingerprint density at radius 1 is 1.22 bits per heavy atom. The van der Waals surface area contributed by atoms with E-state index in [2.05, 4.69) is 14.9 Å². The lowest BCUT2D eigenvalue weighted by Gasteiger charge is -2.36. The van der Waals surface area contributed by atoms with Crippen molar-refractivity contribution in [2.45, 2.75) is 68.1 Å². The molecule has 2 heterocycles. The van der Waals surface area contributed by atoms with Crippen LogP contribution in [0.15, 0.2) is 29.2 Å². The second kappa shape index (κ2) is 12.0. The van der Waals surface area contributed by atoms with Gasteiger partial charge in [-0.1, -0.05) is 12.5 Å². The maximum Gasteiger partial charge on any atom is 0.241 e. The molecule has 1 aromatic carbocycles. The molecule has 2 fully saturated rings. The largest absolute Gasteiger partial charge is 0.394 e. The van der Waals surface area contributed by atoms with Gasteiger partial charge in [-0.05, 0) is 63.4 Å². The number of amides is 1. The normalized spacial score (nSPS) is 24.9. The highest BCUT2D eigenvalue weighted by Crippen LogP contribution is 2.23. The number of rotatable bonds is 10. The SMILES string of the molecule is O=C(CCN1CCCCC1)NCC[C@H]1CC[C@H](NS(=O)(=O)c2cccc(F)c2)[C@@H](CO)O1. The third-order valence-electron chi connectivity index (χ3n) is 6.10. The molecule has 3 N–H and O–H groups in total. The van der Waals surface area contributed by atoms with Crippen molar-refractivity contribution in [3.63, 3.8) is 0 Å². The standard InChI is InChI=1S/C22H34FN3O5S/c23-17-5-4-6-19(15-17)32(29,30)25-20-8-7-18(31-21(20)16-27)9-11-24-22(28)10-14-26-12-2-1-3-13-26/h4-6,15,18,20-21,25,27H,1-3,7-14,16H2,(H,24,28)/t18-,20+,21-/m1/s1. The summed E-state index contributed by atoms with van der Waals surface area (Å²) in [6.07, 6.45) is 4.94. The molecule has 0 aliphatic carbocycles. The van der Waals surface area contributed by atoms with Crippen molar-refractivity contribution < 1.29 is 27.4 Å². The quantitative estimate of drug-likeness (QED) is 0.476. The monoisotopic (exact) mass is 471 g/mol. The summed E-state index contributed by atoms with van der Waals surface area (Å²) in [7, 11) is -3.93. The zero-order chi connectivity index (χ0) is 23.0. The number of hydrogen-bond acceptors (Lipinski definition) is 6. The average molecular weight is 472 g/mol. The van der Waals surface area contributed by atoms with Gasteiger partial charge in [0.2, 0.25) is 15.9 Å². The first-order valence-corrected chi connectivity index (χ1v) is 12.9. The molecule has 0 aromatic heterocycles. The third kappa shape index (κ3) is 7.48. The first kappa shape index (κ1) is 25.0. The summed E-state index contributed by atoms with van der Waals surface area (Å²) in [6, 6.07) is 4.18. The number of likely N-dealkylation sites (tertiary alicyclic amines) is 1. The van der Waals surface area contributed by atoms with Crippen LogP contribution in [0.2, 0.25) is 0 Å². The van der Waals surface area contributed by atoms with Crippen LogP contribution >= 0.6 is 0 Å². The van der Waals surface area contributed by atoms with Crippen molar-refractivity contribution in [2.75, 3.05) is 32.8 Å². The Morgan fingerprint density at radius 3 is 2.72 bits per heavy atom. The highest BCUT2D eigenvalue weighted by molar-refractivity contribution is 7.89. The average Bonchev–Trinajstić information content (AvgIpc) is 2.79. The maximum atomic E-state index is 13.4. The molecule has 2 saturated heterocycles. The van der Waals surface area contributed by atoms with Gasteiger partial charge in [-0.3, -0.25) is 4.79 Å². The Kier molecular flexibility index (Phi) is 9.42. The molecular formula is C22H34FN3O5S. The summed E-state index contributed by atoms with van der Waals surface area (Å²) < 4.78 is 46.9. The number of carbonyl (C=O) groups is 1. The molecule has 180 valence electrons. The zero-order valence-electron chi connectivity index (χ0n) is 18.3. The Balaban J connectivity index is 1.40. The number of sulfonamides is 1. The summed E-state index contributed by atoms with van der Waals surface area (Å²) in [5.41, 5.74) is 0. The van der Waals surface area contributed by atoms with Gasteiger partial charge in [-0.25, -0.2) is 17.5 Å². The molecule has 1 amide bonds. The fraction of sp³-hybridized carbons (Fsp3) is 0.682. The topological polar surface area (TPSA) is 108 Å². The number of carbonyl (C=O) groups excluding carboxylic acids is 1. The summed E-state index contributed by atoms with van der Waals surface area (Å²) in [4.78, 5) is 14.3. The molecule has 3 atom stereocenters. The van der Waals surface area contributed by atoms with Crippen LogP contribution in [0.5, 0.6) is 0 Å². The Hall–Kier alpha value is -1.59. The van der Waals surface area contributed by atoms with E-state index in [-0.39, 0.29) is 23.5 Å². The summed E-state index contributed by atoms with van der Waals surface area (Å²) in [5, 5.41) is 12.6. The predicted octanol–water partition coefficient (Wildman–Crippen LogP) is 1.39. The number of nitrogens with zero attached hydrogens (tertiary/aromatic N) is 1. The van der Waals surface area contributed by atoms with E-state index in [1.807, 2.05) is 0 Å². The molecule has 8 nitrogen and oxygen atoms in total. The van der Waals surface area contributed by atoms with Gasteiger partial charge in [0.15, 0.2) is 0 Å². The van der Waals surface area contributed by atoms with Gasteiger partial charge >= 0.3 is 0 Å². The van der Waals surface area contributed by atoms with Crippen molar-refractivity contribution >= 4 is 15.9 Å². The zero-order valence-corrected chi connectivity index (χ0v) is 19.2. The van der Waals surface area contributed by atoms with Crippen LogP contribution in [0.3, 0.4) is 0 Å². The van der Waals surface area contributed by atoms with Gasteiger partial charge in [0.05, 0.1) is 29.8 Å². The lowest BCUT2D eigenvalue weighted by Crippen LogP contribution is -2.51. The van der Waals surface area contributed by atoms with E-state index < -0.39 is 28.0 Å². The molecular weight excluding hydrogens is 437 g/mol. The lowest BCUT2D eigenvalue weighted by molar-refractivity contribution is -0.122. The number of benzene rings is 1. The molecule has 10 heteroatoms. The van der Waals surface area contributed by atoms with Crippen LogP contribution in [0.4, 0.5) is 4.39 Å². The second-order valence-electron chi connectivity index (χ2n) is 8.53. The van der Waals surface area contributed by atoms with Gasteiger partial charge in [-0.15, -0.1) is 0 Å². The number of nitrogens with one attached hydrogen (secondary N) is 2. The van der Waals surface area contributed by atoms with Gasteiger partial charge in [0.1, 0.15) is 5.82 Å². The van der Waals surface area contributed by atoms with E-state index in [0.717, 1.165) is 25.7 Å². The van der Waals surface area contributed by atoms with Crippen molar-refractivity contribution in [1.29, 1.82) is 0 Å². The van der Waals surface area contributed by atoms with Crippen LogP contribution in [-0.2, 0) is 19.6 Å². The molecule has 1 aromatic rings. The minimum atomic E-state index is -3.93. The summed E-state index contributed by atoms with van der Waals surface area (Å²) >= 11 is 0. The number of aliphatic hydroxyl groups excluding tert-OH is 1. The van der Waals surface area contributed by atoms with Crippen molar-refractivity contribution in [3.05, 3.63) is 30.1 Å². The van der Waals surface area contributed by atoms with E-state index in [1.54, 1.807) is 0 Å². The first-order valence-electron chi connectivity index (χ1n) is 11.4. The molecule has 0 unspecified atom stereocenters. The van der Waals surface area contributed by atoms with Crippen LogP contribution in [0.25, 0.3) is 0 Å². The van der Waals surface area contributed by atoms with E-state index in [0.29, 0.717) is 32.2 Å². The third-order valence-corrected chi connectivity index (χ3v) is 7.59. The van der Waals surface area contributed by atoms with E-state index in [9.17, 15) is 22.7 Å². The molecule has 32 heavy (non-hydrogen) atoms. The fourth-order valence-electron chi connectivity index (χ4n) is 4.28. The molecule has 0 bridgehead atoms. The minimum absolute atomic E-state index is 0.0193. The van der Waals surface area contributed by atoms with E-state index >= 15 is 0 Å². The molecule has 0 radical (unpaired) electrons. The van der Waals surface area contributed by atoms with Gasteiger partial charge in [0.25, 0.3) is 0 Å². The Bertz CT molecular complexity index is 848. The highest BCUT2D eigenvalue weighted by atomic mass is 32.2. The number of aliphatic hydroxyl groups is 1. The number of ether oxygens (including phenoxy) is 1. The van der Waals surface area contributed by atoms with E-state index in [4.69, 9.17) is 4.74 Å². The fourth-order valence-corrected chi connectivity index (χ4v) is 5.61. The summed E-state index contributed by atoms with van der Waals surface area (Å²) in [5.74, 6) is -0.615. The van der Waals surface area contributed by atoms with Gasteiger partial charge < -0.3 is 20.1 Å².